The van der Waals surface area contributed by atoms with Crippen molar-refractivity contribution in [3.05, 3.63) is 35.5 Å². The van der Waals surface area contributed by atoms with Crippen molar-refractivity contribution in [2.45, 2.75) is 13.8 Å². The van der Waals surface area contributed by atoms with Gasteiger partial charge in [0.05, 0.1) is 0 Å². The normalized spacial score (nSPS) is 10.6. The standard InChI is InChI=1S/C11H10NO/c1-7-11(8(2)13)9-5-3-4-6-10(9)12-7/h3-4,6,12H,1-2H3. The Hall–Kier alpha value is -1.57. The van der Waals surface area contributed by atoms with Crippen LogP contribution in [0, 0.1) is 13.0 Å². The maximum absolute atomic E-state index is 11.3. The second-order valence-corrected chi connectivity index (χ2v) is 3.14. The Balaban J connectivity index is 2.86. The molecule has 0 aliphatic heterocycles. The van der Waals surface area contributed by atoms with E-state index in [0.29, 0.717) is 0 Å². The minimum absolute atomic E-state index is 0.0891. The van der Waals surface area contributed by atoms with Gasteiger partial charge >= 0.3 is 0 Å². The van der Waals surface area contributed by atoms with E-state index in [2.05, 4.69) is 11.1 Å². The minimum atomic E-state index is 0.0891. The van der Waals surface area contributed by atoms with E-state index < -0.39 is 0 Å². The molecule has 0 unspecified atom stereocenters. The fourth-order valence-corrected chi connectivity index (χ4v) is 1.64. The van der Waals surface area contributed by atoms with Gasteiger partial charge < -0.3 is 4.98 Å². The van der Waals surface area contributed by atoms with Crippen LogP contribution in [0.15, 0.2) is 18.2 Å². The van der Waals surface area contributed by atoms with E-state index in [0.717, 1.165) is 22.2 Å². The van der Waals surface area contributed by atoms with Crippen molar-refractivity contribution in [1.82, 2.24) is 4.98 Å². The third kappa shape index (κ3) is 1.15. The molecule has 1 aromatic carbocycles. The Bertz CT molecular complexity index is 468. The summed E-state index contributed by atoms with van der Waals surface area (Å²) >= 11 is 0. The molecule has 0 amide bonds. The zero-order valence-electron chi connectivity index (χ0n) is 7.64. The van der Waals surface area contributed by atoms with Crippen LogP contribution in [0.2, 0.25) is 0 Å². The van der Waals surface area contributed by atoms with Crippen LogP contribution in [0.4, 0.5) is 0 Å². The highest BCUT2D eigenvalue weighted by Gasteiger charge is 2.10. The molecule has 2 aromatic rings. The number of aryl methyl sites for hydroxylation is 1. The van der Waals surface area contributed by atoms with Crippen LogP contribution >= 0.6 is 0 Å². The van der Waals surface area contributed by atoms with Crippen LogP contribution in [-0.4, -0.2) is 10.8 Å². The summed E-state index contributed by atoms with van der Waals surface area (Å²) in [5.41, 5.74) is 2.66. The number of nitrogens with one attached hydrogen (secondary N) is 1. The molecule has 0 aliphatic rings. The lowest BCUT2D eigenvalue weighted by atomic mass is 10.1. The quantitative estimate of drug-likeness (QED) is 0.658. The predicted octanol–water partition coefficient (Wildman–Crippen LogP) is 2.48. The maximum Gasteiger partial charge on any atom is 0.162 e. The van der Waals surface area contributed by atoms with Gasteiger partial charge in [-0.25, -0.2) is 0 Å². The van der Waals surface area contributed by atoms with Crippen molar-refractivity contribution in [1.29, 1.82) is 0 Å². The number of fused-ring (bicyclic) bond motifs is 1. The number of benzene rings is 1. The van der Waals surface area contributed by atoms with Gasteiger partial charge in [-0.05, 0) is 26.0 Å². The van der Waals surface area contributed by atoms with E-state index in [4.69, 9.17) is 0 Å². The predicted molar refractivity (Wildman–Crippen MR) is 51.9 cm³/mol. The van der Waals surface area contributed by atoms with Gasteiger partial charge in [-0.2, -0.15) is 0 Å². The highest BCUT2D eigenvalue weighted by molar-refractivity contribution is 6.07. The smallest absolute Gasteiger partial charge is 0.162 e. The molecule has 0 saturated carbocycles. The molecule has 0 bridgehead atoms. The number of hydrogen-bond acceptors (Lipinski definition) is 1. The van der Waals surface area contributed by atoms with Crippen molar-refractivity contribution < 1.29 is 4.79 Å². The number of carbonyl (C=O) groups is 1. The molecule has 13 heavy (non-hydrogen) atoms. The number of carbonyl (C=O) groups excluding carboxylic acids is 1. The molecule has 1 aromatic heterocycles. The van der Waals surface area contributed by atoms with Crippen molar-refractivity contribution in [2.75, 3.05) is 0 Å². The number of H-pyrrole nitrogens is 1. The van der Waals surface area contributed by atoms with E-state index in [1.54, 1.807) is 6.92 Å². The van der Waals surface area contributed by atoms with Crippen molar-refractivity contribution in [3.8, 4) is 0 Å². The Kier molecular flexibility index (Phi) is 1.69. The van der Waals surface area contributed by atoms with E-state index in [9.17, 15) is 4.79 Å². The first-order valence-electron chi connectivity index (χ1n) is 4.20. The summed E-state index contributed by atoms with van der Waals surface area (Å²) in [6.45, 7) is 3.49. The summed E-state index contributed by atoms with van der Waals surface area (Å²) in [5, 5.41) is 0.896. The minimum Gasteiger partial charge on any atom is -0.358 e. The molecule has 0 saturated heterocycles. The summed E-state index contributed by atoms with van der Waals surface area (Å²) in [6.07, 6.45) is 0. The molecule has 1 radical (unpaired) electrons. The molecule has 65 valence electrons. The van der Waals surface area contributed by atoms with Crippen LogP contribution < -0.4 is 0 Å². The maximum atomic E-state index is 11.3. The molecular weight excluding hydrogens is 162 g/mol. The third-order valence-corrected chi connectivity index (χ3v) is 2.16. The Morgan fingerprint density at radius 3 is 3.00 bits per heavy atom. The van der Waals surface area contributed by atoms with Crippen LogP contribution in [0.25, 0.3) is 10.9 Å². The van der Waals surface area contributed by atoms with Gasteiger partial charge in [0.2, 0.25) is 0 Å². The van der Waals surface area contributed by atoms with Crippen molar-refractivity contribution in [2.24, 2.45) is 0 Å². The van der Waals surface area contributed by atoms with Crippen molar-refractivity contribution >= 4 is 16.7 Å². The molecule has 2 nitrogen and oxygen atoms in total. The monoisotopic (exact) mass is 172 g/mol. The molecule has 2 heteroatoms. The first-order chi connectivity index (χ1) is 6.20. The number of Topliss-reactive ketones (excluding diaryl/α,β-unsaturated/α-hetero) is 1. The lowest BCUT2D eigenvalue weighted by Crippen LogP contribution is -1.92. The van der Waals surface area contributed by atoms with E-state index in [-0.39, 0.29) is 5.78 Å². The molecular formula is C11H10NO. The molecule has 1 N–H and O–H groups in total. The third-order valence-electron chi connectivity index (χ3n) is 2.16. The van der Waals surface area contributed by atoms with Gasteiger partial charge in [0.1, 0.15) is 0 Å². The Labute approximate surface area is 76.6 Å². The largest absolute Gasteiger partial charge is 0.358 e. The SMILES string of the molecule is CC(=O)c1c(C)[nH]c2ccc[c]c12. The lowest BCUT2D eigenvalue weighted by molar-refractivity contribution is 0.101. The number of aromatic amines is 1. The first-order valence-corrected chi connectivity index (χ1v) is 4.20. The van der Waals surface area contributed by atoms with Crippen molar-refractivity contribution in [3.63, 3.8) is 0 Å². The molecule has 0 spiro atoms. The van der Waals surface area contributed by atoms with Gasteiger partial charge in [-0.3, -0.25) is 4.79 Å². The summed E-state index contributed by atoms with van der Waals surface area (Å²) in [7, 11) is 0. The average Bonchev–Trinajstić information content (AvgIpc) is 2.39. The fraction of sp³-hybridized carbons (Fsp3) is 0.182. The van der Waals surface area contributed by atoms with Gasteiger partial charge in [-0.15, -0.1) is 0 Å². The highest BCUT2D eigenvalue weighted by Crippen LogP contribution is 2.21. The molecule has 2 rings (SSSR count). The van der Waals surface area contributed by atoms with Gasteiger partial charge in [-0.1, -0.05) is 12.1 Å². The molecule has 1 heterocycles. The van der Waals surface area contributed by atoms with E-state index in [1.165, 1.54) is 0 Å². The number of rotatable bonds is 1. The lowest BCUT2D eigenvalue weighted by Gasteiger charge is -1.92. The fourth-order valence-electron chi connectivity index (χ4n) is 1.64. The second kappa shape index (κ2) is 2.73. The van der Waals surface area contributed by atoms with Crippen LogP contribution in [0.3, 0.4) is 0 Å². The molecule has 0 fully saturated rings. The summed E-state index contributed by atoms with van der Waals surface area (Å²) in [5.74, 6) is 0.0891. The molecule has 0 aliphatic carbocycles. The van der Waals surface area contributed by atoms with Crippen LogP contribution in [0.5, 0.6) is 0 Å². The summed E-state index contributed by atoms with van der Waals surface area (Å²) in [4.78, 5) is 14.5. The summed E-state index contributed by atoms with van der Waals surface area (Å²) in [6, 6.07) is 8.75. The van der Waals surface area contributed by atoms with E-state index >= 15 is 0 Å². The van der Waals surface area contributed by atoms with Gasteiger partial charge in [0, 0.05) is 22.2 Å². The van der Waals surface area contributed by atoms with Crippen LogP contribution in [-0.2, 0) is 0 Å². The van der Waals surface area contributed by atoms with Gasteiger partial charge in [0.25, 0.3) is 0 Å². The van der Waals surface area contributed by atoms with Crippen LogP contribution in [0.1, 0.15) is 23.0 Å². The second-order valence-electron chi connectivity index (χ2n) is 3.14. The Morgan fingerprint density at radius 2 is 2.31 bits per heavy atom. The Morgan fingerprint density at radius 1 is 1.54 bits per heavy atom. The van der Waals surface area contributed by atoms with Gasteiger partial charge in [0.15, 0.2) is 5.78 Å². The zero-order chi connectivity index (χ0) is 9.42. The average molecular weight is 172 g/mol. The number of ketones is 1. The first kappa shape index (κ1) is 8.05. The topological polar surface area (TPSA) is 32.9 Å². The number of aromatic nitrogens is 1. The highest BCUT2D eigenvalue weighted by atomic mass is 16.1. The number of hydrogen-bond donors (Lipinski definition) is 1. The zero-order valence-corrected chi connectivity index (χ0v) is 7.64. The summed E-state index contributed by atoms with van der Waals surface area (Å²) < 4.78 is 0. The van der Waals surface area contributed by atoms with E-state index in [1.807, 2.05) is 25.1 Å². The molecule has 0 atom stereocenters.